The fourth-order valence-electron chi connectivity index (χ4n) is 2.34. The van der Waals surface area contributed by atoms with Gasteiger partial charge in [-0.15, -0.1) is 0 Å². The maximum absolute atomic E-state index is 11.9. The summed E-state index contributed by atoms with van der Waals surface area (Å²) in [4.78, 5) is 25.4. The van der Waals surface area contributed by atoms with Crippen molar-refractivity contribution in [1.29, 1.82) is 0 Å². The van der Waals surface area contributed by atoms with Gasteiger partial charge in [-0.1, -0.05) is 30.3 Å². The zero-order valence-electron chi connectivity index (χ0n) is 11.0. The number of amides is 1. The SMILES string of the molecule is CCN1C(=O)COC(C(=O)OC)C1c1ccccc1. The highest BCUT2D eigenvalue weighted by atomic mass is 16.6. The van der Waals surface area contributed by atoms with Crippen molar-refractivity contribution in [3.63, 3.8) is 0 Å². The summed E-state index contributed by atoms with van der Waals surface area (Å²) < 4.78 is 10.1. The maximum atomic E-state index is 11.9. The van der Waals surface area contributed by atoms with Gasteiger partial charge in [0.05, 0.1) is 13.2 Å². The van der Waals surface area contributed by atoms with Crippen LogP contribution in [0.1, 0.15) is 18.5 Å². The Balaban J connectivity index is 2.39. The number of nitrogens with zero attached hydrogens (tertiary/aromatic N) is 1. The molecule has 5 heteroatoms. The van der Waals surface area contributed by atoms with Gasteiger partial charge in [0.25, 0.3) is 0 Å². The van der Waals surface area contributed by atoms with E-state index in [4.69, 9.17) is 9.47 Å². The van der Waals surface area contributed by atoms with Crippen LogP contribution in [0.4, 0.5) is 0 Å². The number of hydrogen-bond acceptors (Lipinski definition) is 4. The summed E-state index contributed by atoms with van der Waals surface area (Å²) in [5.74, 6) is -0.573. The molecule has 5 nitrogen and oxygen atoms in total. The summed E-state index contributed by atoms with van der Waals surface area (Å²) in [5, 5.41) is 0. The second kappa shape index (κ2) is 5.84. The average molecular weight is 263 g/mol. The average Bonchev–Trinajstić information content (AvgIpc) is 2.47. The maximum Gasteiger partial charge on any atom is 0.337 e. The predicted octanol–water partition coefficient (Wildman–Crippen LogP) is 1.15. The van der Waals surface area contributed by atoms with Gasteiger partial charge < -0.3 is 14.4 Å². The largest absolute Gasteiger partial charge is 0.467 e. The van der Waals surface area contributed by atoms with Gasteiger partial charge in [-0.05, 0) is 12.5 Å². The van der Waals surface area contributed by atoms with Gasteiger partial charge in [0, 0.05) is 6.54 Å². The van der Waals surface area contributed by atoms with Crippen molar-refractivity contribution < 1.29 is 19.1 Å². The van der Waals surface area contributed by atoms with Crippen LogP contribution in [0.2, 0.25) is 0 Å². The topological polar surface area (TPSA) is 55.8 Å². The van der Waals surface area contributed by atoms with Gasteiger partial charge in [-0.25, -0.2) is 4.79 Å². The smallest absolute Gasteiger partial charge is 0.337 e. The van der Waals surface area contributed by atoms with Crippen LogP contribution in [-0.2, 0) is 19.1 Å². The number of carbonyl (C=O) groups is 2. The molecule has 0 saturated carbocycles. The molecule has 0 bridgehead atoms. The van der Waals surface area contributed by atoms with Crippen molar-refractivity contribution in [2.45, 2.75) is 19.1 Å². The molecule has 0 N–H and O–H groups in total. The molecule has 19 heavy (non-hydrogen) atoms. The Morgan fingerprint density at radius 2 is 2.11 bits per heavy atom. The highest BCUT2D eigenvalue weighted by Gasteiger charge is 2.41. The molecule has 2 atom stereocenters. The number of carbonyl (C=O) groups excluding carboxylic acids is 2. The molecule has 1 aromatic carbocycles. The second-order valence-electron chi connectivity index (χ2n) is 4.29. The van der Waals surface area contributed by atoms with Gasteiger partial charge in [-0.3, -0.25) is 4.79 Å². The lowest BCUT2D eigenvalue weighted by atomic mass is 9.98. The number of benzene rings is 1. The fourth-order valence-corrected chi connectivity index (χ4v) is 2.34. The molecular formula is C14H17NO4. The molecule has 1 aliphatic heterocycles. The molecule has 0 spiro atoms. The number of morpholine rings is 1. The highest BCUT2D eigenvalue weighted by Crippen LogP contribution is 2.30. The molecule has 1 fully saturated rings. The number of likely N-dealkylation sites (N-methyl/N-ethyl adjacent to an activating group) is 1. The van der Waals surface area contributed by atoms with E-state index in [0.717, 1.165) is 5.56 Å². The lowest BCUT2D eigenvalue weighted by Gasteiger charge is -2.39. The van der Waals surface area contributed by atoms with E-state index in [1.54, 1.807) is 4.90 Å². The van der Waals surface area contributed by atoms with E-state index in [1.807, 2.05) is 37.3 Å². The van der Waals surface area contributed by atoms with Crippen molar-refractivity contribution in [2.24, 2.45) is 0 Å². The number of hydrogen-bond donors (Lipinski definition) is 0. The van der Waals surface area contributed by atoms with Crippen molar-refractivity contribution in [3.8, 4) is 0 Å². The summed E-state index contributed by atoms with van der Waals surface area (Å²) >= 11 is 0. The number of rotatable bonds is 3. The zero-order chi connectivity index (χ0) is 13.8. The van der Waals surface area contributed by atoms with E-state index in [2.05, 4.69) is 0 Å². The van der Waals surface area contributed by atoms with Crippen LogP contribution in [-0.4, -0.2) is 43.1 Å². The Morgan fingerprint density at radius 1 is 1.42 bits per heavy atom. The Hall–Kier alpha value is -1.88. The summed E-state index contributed by atoms with van der Waals surface area (Å²) in [6.07, 6.45) is -0.773. The number of esters is 1. The molecule has 0 aliphatic carbocycles. The van der Waals surface area contributed by atoms with E-state index in [9.17, 15) is 9.59 Å². The molecule has 1 heterocycles. The van der Waals surface area contributed by atoms with Crippen LogP contribution >= 0.6 is 0 Å². The molecular weight excluding hydrogens is 246 g/mol. The molecule has 2 unspecified atom stereocenters. The van der Waals surface area contributed by atoms with Gasteiger partial charge in [0.2, 0.25) is 5.91 Å². The molecule has 1 saturated heterocycles. The van der Waals surface area contributed by atoms with E-state index in [-0.39, 0.29) is 12.5 Å². The molecule has 102 valence electrons. The Labute approximate surface area is 112 Å². The molecule has 1 amide bonds. The molecule has 1 aromatic rings. The lowest BCUT2D eigenvalue weighted by molar-refractivity contribution is -0.175. The van der Waals surface area contributed by atoms with Crippen LogP contribution in [0.15, 0.2) is 30.3 Å². The zero-order valence-corrected chi connectivity index (χ0v) is 11.0. The third-order valence-electron chi connectivity index (χ3n) is 3.24. The van der Waals surface area contributed by atoms with Crippen LogP contribution in [0.3, 0.4) is 0 Å². The van der Waals surface area contributed by atoms with E-state index < -0.39 is 18.1 Å². The highest BCUT2D eigenvalue weighted by molar-refractivity contribution is 5.83. The third-order valence-corrected chi connectivity index (χ3v) is 3.24. The van der Waals surface area contributed by atoms with E-state index in [1.165, 1.54) is 7.11 Å². The second-order valence-corrected chi connectivity index (χ2v) is 4.29. The van der Waals surface area contributed by atoms with Gasteiger partial charge in [0.1, 0.15) is 6.61 Å². The minimum Gasteiger partial charge on any atom is -0.467 e. The molecule has 0 radical (unpaired) electrons. The summed E-state index contributed by atoms with van der Waals surface area (Å²) in [6, 6.07) is 8.96. The van der Waals surface area contributed by atoms with Gasteiger partial charge >= 0.3 is 5.97 Å². The Bertz CT molecular complexity index is 460. The number of methoxy groups -OCH3 is 1. The molecule has 2 rings (SSSR count). The van der Waals surface area contributed by atoms with Crippen molar-refractivity contribution in [2.75, 3.05) is 20.3 Å². The first-order valence-electron chi connectivity index (χ1n) is 6.23. The lowest BCUT2D eigenvalue weighted by Crippen LogP contribution is -2.51. The van der Waals surface area contributed by atoms with Crippen molar-refractivity contribution in [3.05, 3.63) is 35.9 Å². The van der Waals surface area contributed by atoms with Crippen LogP contribution in [0, 0.1) is 0 Å². The quantitative estimate of drug-likeness (QED) is 0.768. The first kappa shape index (κ1) is 13.5. The molecule has 0 aromatic heterocycles. The van der Waals surface area contributed by atoms with Gasteiger partial charge in [0.15, 0.2) is 6.10 Å². The normalized spacial score (nSPS) is 23.3. The number of ether oxygens (including phenoxy) is 2. The monoisotopic (exact) mass is 263 g/mol. The van der Waals surface area contributed by atoms with E-state index in [0.29, 0.717) is 6.54 Å². The van der Waals surface area contributed by atoms with Gasteiger partial charge in [-0.2, -0.15) is 0 Å². The first-order chi connectivity index (χ1) is 9.19. The Morgan fingerprint density at radius 3 is 2.68 bits per heavy atom. The van der Waals surface area contributed by atoms with Crippen LogP contribution < -0.4 is 0 Å². The van der Waals surface area contributed by atoms with Crippen molar-refractivity contribution in [1.82, 2.24) is 4.90 Å². The van der Waals surface area contributed by atoms with Crippen LogP contribution in [0.5, 0.6) is 0 Å². The Kier molecular flexibility index (Phi) is 4.16. The molecule has 1 aliphatic rings. The minimum atomic E-state index is -0.773. The first-order valence-corrected chi connectivity index (χ1v) is 6.23. The summed E-state index contributed by atoms with van der Waals surface area (Å²) in [7, 11) is 1.32. The van der Waals surface area contributed by atoms with E-state index >= 15 is 0 Å². The fraction of sp³-hybridized carbons (Fsp3) is 0.429. The van der Waals surface area contributed by atoms with Crippen LogP contribution in [0.25, 0.3) is 0 Å². The minimum absolute atomic E-state index is 0.0864. The summed E-state index contributed by atoms with van der Waals surface area (Å²) in [5.41, 5.74) is 0.868. The standard InChI is InChI=1S/C14H17NO4/c1-3-15-11(16)9-19-13(14(17)18-2)12(15)10-7-5-4-6-8-10/h4-8,12-13H,3,9H2,1-2H3. The van der Waals surface area contributed by atoms with Crippen molar-refractivity contribution >= 4 is 11.9 Å². The summed E-state index contributed by atoms with van der Waals surface area (Å²) in [6.45, 7) is 2.32. The third kappa shape index (κ3) is 2.61. The predicted molar refractivity (Wildman–Crippen MR) is 68.3 cm³/mol.